The molecule has 0 bridgehead atoms. The van der Waals surface area contributed by atoms with Gasteiger partial charge < -0.3 is 10.4 Å². The van der Waals surface area contributed by atoms with Crippen molar-refractivity contribution in [1.82, 2.24) is 15.7 Å². The van der Waals surface area contributed by atoms with E-state index < -0.39 is 17.9 Å². The van der Waals surface area contributed by atoms with E-state index in [0.717, 1.165) is 50.9 Å². The zero-order valence-electron chi connectivity index (χ0n) is 20.8. The normalized spacial score (nSPS) is 22.9. The van der Waals surface area contributed by atoms with Gasteiger partial charge in [0, 0.05) is 18.7 Å². The summed E-state index contributed by atoms with van der Waals surface area (Å²) in [5.41, 5.74) is 3.64. The number of carboxylic acid groups (broad SMARTS) is 1. The molecule has 1 amide bonds. The summed E-state index contributed by atoms with van der Waals surface area (Å²) in [4.78, 5) is 26.1. The second kappa shape index (κ2) is 12.2. The quantitative estimate of drug-likeness (QED) is 0.237. The van der Waals surface area contributed by atoms with Gasteiger partial charge in [-0.05, 0) is 80.2 Å². The summed E-state index contributed by atoms with van der Waals surface area (Å²) in [6.45, 7) is 2.78. The summed E-state index contributed by atoms with van der Waals surface area (Å²) in [5, 5.41) is 22.6. The number of carbonyl (C=O) groups excluding carboxylic acids is 1. The lowest BCUT2D eigenvalue weighted by Gasteiger charge is -2.48. The number of rotatable bonds is 9. The first kappa shape index (κ1) is 25.9. The smallest absolute Gasteiger partial charge is 0.321 e. The van der Waals surface area contributed by atoms with E-state index in [1.165, 1.54) is 56.6 Å². The van der Waals surface area contributed by atoms with Gasteiger partial charge in [-0.2, -0.15) is 0 Å². The van der Waals surface area contributed by atoms with Crippen LogP contribution in [0.5, 0.6) is 0 Å². The maximum absolute atomic E-state index is 12.6. The highest BCUT2D eigenvalue weighted by Crippen LogP contribution is 2.51. The Morgan fingerprint density at radius 2 is 1.66 bits per heavy atom. The van der Waals surface area contributed by atoms with Gasteiger partial charge in [-0.3, -0.25) is 19.7 Å². The Bertz CT molecular complexity index is 865. The molecule has 1 heterocycles. The van der Waals surface area contributed by atoms with Gasteiger partial charge in [0.15, 0.2) is 0 Å². The van der Waals surface area contributed by atoms with Crippen LogP contribution in [0, 0.1) is 11.3 Å². The van der Waals surface area contributed by atoms with E-state index in [-0.39, 0.29) is 11.5 Å². The van der Waals surface area contributed by atoms with Crippen LogP contribution in [-0.2, 0) is 16.1 Å². The number of carboxylic acids is 1. The van der Waals surface area contributed by atoms with E-state index in [0.29, 0.717) is 5.92 Å². The largest absolute Gasteiger partial charge is 0.480 e. The average Bonchev–Trinajstić information content (AvgIpc) is 3.44. The molecule has 192 valence electrons. The van der Waals surface area contributed by atoms with Gasteiger partial charge in [-0.25, -0.2) is 5.48 Å². The zero-order chi connectivity index (χ0) is 24.7. The third kappa shape index (κ3) is 6.51. The summed E-state index contributed by atoms with van der Waals surface area (Å²) in [5.74, 6) is -0.632. The van der Waals surface area contributed by atoms with Crippen molar-refractivity contribution in [2.24, 2.45) is 11.3 Å². The molecule has 2 aliphatic carbocycles. The third-order valence-electron chi connectivity index (χ3n) is 8.69. The van der Waals surface area contributed by atoms with Crippen LogP contribution in [0.25, 0.3) is 6.08 Å². The Morgan fingerprint density at radius 3 is 2.26 bits per heavy atom. The Kier molecular flexibility index (Phi) is 8.98. The maximum atomic E-state index is 12.6. The van der Waals surface area contributed by atoms with Crippen molar-refractivity contribution in [3.8, 4) is 0 Å². The molecule has 35 heavy (non-hydrogen) atoms. The zero-order valence-corrected chi connectivity index (χ0v) is 20.8. The molecular formula is C28H41N3O4. The molecule has 3 aliphatic rings. The number of hydrogen-bond donors (Lipinski definition) is 4. The first-order chi connectivity index (χ1) is 17.0. The fourth-order valence-electron chi connectivity index (χ4n) is 6.82. The lowest BCUT2D eigenvalue weighted by atomic mass is 9.60. The van der Waals surface area contributed by atoms with E-state index in [1.54, 1.807) is 11.6 Å². The predicted octanol–water partition coefficient (Wildman–Crippen LogP) is 4.35. The molecule has 4 N–H and O–H groups in total. The second-order valence-corrected chi connectivity index (χ2v) is 10.8. The lowest BCUT2D eigenvalue weighted by molar-refractivity contribution is -0.147. The fourth-order valence-corrected chi connectivity index (χ4v) is 6.82. The Morgan fingerprint density at radius 1 is 1.00 bits per heavy atom. The fraction of sp³-hybridized carbons (Fsp3) is 0.643. The van der Waals surface area contributed by atoms with Crippen LogP contribution in [0.4, 0.5) is 0 Å². The van der Waals surface area contributed by atoms with E-state index >= 15 is 0 Å². The molecule has 7 heteroatoms. The van der Waals surface area contributed by atoms with Gasteiger partial charge in [0.05, 0.1) is 0 Å². The van der Waals surface area contributed by atoms with Gasteiger partial charge in [0.2, 0.25) is 0 Å². The number of piperidine rings is 1. The standard InChI is InChI=1S/C28H41N3O4/c32-25(30-35)13-12-21-8-10-22(11-9-21)20-31-18-14-24(15-19-31)29-26(27(33)34)28(16-4-1-5-17-28)23-6-2-3-7-23/h8-13,23-24,26,29,35H,1-7,14-20H2,(H,30,32)(H,33,34)/b13-12+/t26-/m1/s1. The second-order valence-electron chi connectivity index (χ2n) is 10.8. The number of carbonyl (C=O) groups is 2. The molecule has 1 aromatic carbocycles. The van der Waals surface area contributed by atoms with Crippen LogP contribution in [0.15, 0.2) is 30.3 Å². The first-order valence-electron chi connectivity index (χ1n) is 13.4. The highest BCUT2D eigenvalue weighted by molar-refractivity contribution is 5.90. The number of nitrogens with zero attached hydrogens (tertiary/aromatic N) is 1. The summed E-state index contributed by atoms with van der Waals surface area (Å²) in [7, 11) is 0. The molecule has 0 aromatic heterocycles. The maximum Gasteiger partial charge on any atom is 0.321 e. The Balaban J connectivity index is 1.31. The molecule has 4 rings (SSSR count). The third-order valence-corrected chi connectivity index (χ3v) is 8.69. The predicted molar refractivity (Wildman–Crippen MR) is 136 cm³/mol. The van der Waals surface area contributed by atoms with Gasteiger partial charge >= 0.3 is 5.97 Å². The van der Waals surface area contributed by atoms with Gasteiger partial charge in [0.1, 0.15) is 6.04 Å². The number of nitrogens with one attached hydrogen (secondary N) is 2. The van der Waals surface area contributed by atoms with Crippen molar-refractivity contribution >= 4 is 18.0 Å². The number of hydrogen-bond acceptors (Lipinski definition) is 5. The molecule has 1 saturated heterocycles. The van der Waals surface area contributed by atoms with Crippen LogP contribution >= 0.6 is 0 Å². The van der Waals surface area contributed by atoms with Crippen molar-refractivity contribution in [2.45, 2.75) is 89.3 Å². The number of aliphatic carboxylic acids is 1. The SMILES string of the molecule is O=C(/C=C/c1ccc(CN2CCC(N[C@H](C(=O)O)C3(C4CCCC4)CCCCC3)CC2)cc1)NO. The van der Waals surface area contributed by atoms with Gasteiger partial charge in [0.25, 0.3) is 5.91 Å². The van der Waals surface area contributed by atoms with Crippen molar-refractivity contribution < 1.29 is 19.9 Å². The molecule has 0 radical (unpaired) electrons. The topological polar surface area (TPSA) is 102 Å². The van der Waals surface area contributed by atoms with Crippen LogP contribution in [-0.4, -0.2) is 52.3 Å². The minimum absolute atomic E-state index is 0.0637. The highest BCUT2D eigenvalue weighted by Gasteiger charge is 2.50. The van der Waals surface area contributed by atoms with E-state index in [9.17, 15) is 14.7 Å². The van der Waals surface area contributed by atoms with Crippen molar-refractivity contribution in [3.63, 3.8) is 0 Å². The molecule has 1 aromatic rings. The van der Waals surface area contributed by atoms with E-state index in [2.05, 4.69) is 22.3 Å². The van der Waals surface area contributed by atoms with E-state index in [4.69, 9.17) is 5.21 Å². The minimum atomic E-state index is -0.646. The molecular weight excluding hydrogens is 442 g/mol. The van der Waals surface area contributed by atoms with Gasteiger partial charge in [-0.1, -0.05) is 56.4 Å². The average molecular weight is 484 g/mol. The summed E-state index contributed by atoms with van der Waals surface area (Å²) < 4.78 is 0. The summed E-state index contributed by atoms with van der Waals surface area (Å²) in [6, 6.07) is 7.91. The Labute approximate surface area is 208 Å². The van der Waals surface area contributed by atoms with Crippen molar-refractivity contribution in [3.05, 3.63) is 41.5 Å². The highest BCUT2D eigenvalue weighted by atomic mass is 16.5. The monoisotopic (exact) mass is 483 g/mol. The molecule has 1 atom stereocenters. The summed E-state index contributed by atoms with van der Waals surface area (Å²) in [6.07, 6.45) is 15.5. The molecule has 2 saturated carbocycles. The first-order valence-corrected chi connectivity index (χ1v) is 13.4. The van der Waals surface area contributed by atoms with Gasteiger partial charge in [-0.15, -0.1) is 0 Å². The van der Waals surface area contributed by atoms with Crippen molar-refractivity contribution in [2.75, 3.05) is 13.1 Å². The van der Waals surface area contributed by atoms with Crippen LogP contribution in [0.1, 0.15) is 81.8 Å². The summed E-state index contributed by atoms with van der Waals surface area (Å²) >= 11 is 0. The number of likely N-dealkylation sites (tertiary alicyclic amines) is 1. The molecule has 1 aliphatic heterocycles. The molecule has 3 fully saturated rings. The van der Waals surface area contributed by atoms with Crippen LogP contribution in [0.2, 0.25) is 0 Å². The molecule has 0 unspecified atom stereocenters. The lowest BCUT2D eigenvalue weighted by Crippen LogP contribution is -2.58. The Hall–Kier alpha value is -2.22. The van der Waals surface area contributed by atoms with Crippen LogP contribution in [0.3, 0.4) is 0 Å². The number of hydroxylamine groups is 1. The minimum Gasteiger partial charge on any atom is -0.480 e. The van der Waals surface area contributed by atoms with Crippen LogP contribution < -0.4 is 10.8 Å². The van der Waals surface area contributed by atoms with E-state index in [1.807, 2.05) is 12.1 Å². The molecule has 0 spiro atoms. The molecule has 7 nitrogen and oxygen atoms in total. The van der Waals surface area contributed by atoms with Crippen molar-refractivity contribution in [1.29, 1.82) is 0 Å². The number of benzene rings is 1. The number of amides is 1.